The van der Waals surface area contributed by atoms with Crippen LogP contribution >= 0.6 is 15.9 Å². The van der Waals surface area contributed by atoms with Gasteiger partial charge in [0.05, 0.1) is 10.4 Å². The summed E-state index contributed by atoms with van der Waals surface area (Å²) in [5.74, 6) is 0. The molecule has 1 aliphatic rings. The van der Waals surface area contributed by atoms with E-state index in [4.69, 9.17) is 0 Å². The second-order valence-corrected chi connectivity index (χ2v) is 6.13. The van der Waals surface area contributed by atoms with Crippen LogP contribution in [-0.4, -0.2) is 35.6 Å². The number of hydrogen-bond acceptors (Lipinski definition) is 5. The zero-order chi connectivity index (χ0) is 15.0. The molecule has 0 radical (unpaired) electrons. The van der Waals surface area contributed by atoms with Crippen molar-refractivity contribution in [3.8, 4) is 0 Å². The maximum Gasteiger partial charge on any atom is 0.311 e. The molecule has 0 amide bonds. The van der Waals surface area contributed by atoms with E-state index in [1.165, 1.54) is 6.20 Å². The number of nitrogens with zero attached hydrogens (tertiary/aromatic N) is 3. The molecular formula is C14H15BrN4O2. The fourth-order valence-electron chi connectivity index (χ4n) is 2.74. The van der Waals surface area contributed by atoms with Gasteiger partial charge in [-0.25, -0.2) is 4.98 Å². The third-order valence-corrected chi connectivity index (χ3v) is 4.16. The lowest BCUT2D eigenvalue weighted by atomic mass is 10.1. The number of nitrogens with one attached hydrogen (secondary N) is 1. The molecule has 0 bridgehead atoms. The van der Waals surface area contributed by atoms with Crippen molar-refractivity contribution in [3.63, 3.8) is 0 Å². The second kappa shape index (κ2) is 5.57. The van der Waals surface area contributed by atoms with Gasteiger partial charge in [0.2, 0.25) is 0 Å². The van der Waals surface area contributed by atoms with Crippen molar-refractivity contribution in [1.29, 1.82) is 0 Å². The highest BCUT2D eigenvalue weighted by Gasteiger charge is 2.26. The lowest BCUT2D eigenvalue weighted by Crippen LogP contribution is -2.49. The largest absolute Gasteiger partial charge is 0.363 e. The Morgan fingerprint density at radius 1 is 1.52 bits per heavy atom. The average molecular weight is 351 g/mol. The fourth-order valence-corrected chi connectivity index (χ4v) is 3.10. The summed E-state index contributed by atoms with van der Waals surface area (Å²) < 4.78 is 0.890. The van der Waals surface area contributed by atoms with Gasteiger partial charge in [0.15, 0.2) is 0 Å². The van der Waals surface area contributed by atoms with E-state index >= 15 is 0 Å². The van der Waals surface area contributed by atoms with E-state index in [1.807, 2.05) is 18.2 Å². The van der Waals surface area contributed by atoms with E-state index in [2.05, 4.69) is 38.1 Å². The zero-order valence-electron chi connectivity index (χ0n) is 11.5. The molecule has 7 heteroatoms. The van der Waals surface area contributed by atoms with Gasteiger partial charge in [-0.2, -0.15) is 0 Å². The predicted molar refractivity (Wildman–Crippen MR) is 85.8 cm³/mol. The molecule has 3 rings (SSSR count). The van der Waals surface area contributed by atoms with E-state index in [1.54, 1.807) is 0 Å². The Morgan fingerprint density at radius 2 is 2.33 bits per heavy atom. The first-order valence-electron chi connectivity index (χ1n) is 6.77. The summed E-state index contributed by atoms with van der Waals surface area (Å²) in [6.07, 6.45) is 1.36. The standard InChI is InChI=1S/C14H15BrN4O2/c1-9-8-18(5-4-16-9)14-11-6-10(15)2-3-12(11)17-7-13(14)19(20)21/h2-3,6-7,9,16H,4-5,8H2,1H3/t9-/m1/s1. The molecule has 1 aromatic carbocycles. The number of rotatable bonds is 2. The van der Waals surface area contributed by atoms with Gasteiger partial charge in [-0.3, -0.25) is 10.1 Å². The first kappa shape index (κ1) is 14.2. The molecular weight excluding hydrogens is 336 g/mol. The summed E-state index contributed by atoms with van der Waals surface area (Å²) >= 11 is 3.44. The van der Waals surface area contributed by atoms with Gasteiger partial charge in [0.25, 0.3) is 0 Å². The maximum atomic E-state index is 11.4. The van der Waals surface area contributed by atoms with Crippen LogP contribution < -0.4 is 10.2 Å². The van der Waals surface area contributed by atoms with Crippen molar-refractivity contribution in [2.45, 2.75) is 13.0 Å². The summed E-state index contributed by atoms with van der Waals surface area (Å²) in [4.78, 5) is 17.3. The molecule has 1 saturated heterocycles. The van der Waals surface area contributed by atoms with Crippen LogP contribution in [0.2, 0.25) is 0 Å². The average Bonchev–Trinajstić information content (AvgIpc) is 2.45. The van der Waals surface area contributed by atoms with Crippen LogP contribution in [-0.2, 0) is 0 Å². The first-order valence-corrected chi connectivity index (χ1v) is 7.56. The summed E-state index contributed by atoms with van der Waals surface area (Å²) in [5.41, 5.74) is 1.50. The topological polar surface area (TPSA) is 71.3 Å². The minimum absolute atomic E-state index is 0.0645. The molecule has 21 heavy (non-hydrogen) atoms. The monoisotopic (exact) mass is 350 g/mol. The highest BCUT2D eigenvalue weighted by atomic mass is 79.9. The van der Waals surface area contributed by atoms with Crippen LogP contribution in [0.25, 0.3) is 10.9 Å². The van der Waals surface area contributed by atoms with E-state index < -0.39 is 0 Å². The molecule has 1 atom stereocenters. The van der Waals surface area contributed by atoms with Crippen molar-refractivity contribution in [2.24, 2.45) is 0 Å². The molecule has 0 spiro atoms. The molecule has 2 aromatic rings. The number of piperazine rings is 1. The van der Waals surface area contributed by atoms with Gasteiger partial charge in [0.1, 0.15) is 11.9 Å². The van der Waals surface area contributed by atoms with E-state index in [-0.39, 0.29) is 10.6 Å². The third kappa shape index (κ3) is 2.71. The predicted octanol–water partition coefficient (Wildman–Crippen LogP) is 2.70. The number of aromatic nitrogens is 1. The molecule has 1 aromatic heterocycles. The number of hydrogen-bond donors (Lipinski definition) is 1. The molecule has 6 nitrogen and oxygen atoms in total. The summed E-state index contributed by atoms with van der Waals surface area (Å²) in [7, 11) is 0. The van der Waals surface area contributed by atoms with Crippen LogP contribution in [0.5, 0.6) is 0 Å². The summed E-state index contributed by atoms with van der Waals surface area (Å²) in [6.45, 7) is 4.39. The van der Waals surface area contributed by atoms with Crippen molar-refractivity contribution in [2.75, 3.05) is 24.5 Å². The molecule has 110 valence electrons. The van der Waals surface area contributed by atoms with Gasteiger partial charge < -0.3 is 10.2 Å². The quantitative estimate of drug-likeness (QED) is 0.665. The highest BCUT2D eigenvalue weighted by Crippen LogP contribution is 2.36. The molecule has 1 N–H and O–H groups in total. The Hall–Kier alpha value is -1.73. The van der Waals surface area contributed by atoms with E-state index in [9.17, 15) is 10.1 Å². The van der Waals surface area contributed by atoms with Crippen LogP contribution in [0.1, 0.15) is 6.92 Å². The molecule has 1 fully saturated rings. The summed E-state index contributed by atoms with van der Waals surface area (Å²) in [5, 5.41) is 15.6. The van der Waals surface area contributed by atoms with Crippen LogP contribution in [0.3, 0.4) is 0 Å². The number of fused-ring (bicyclic) bond motifs is 1. The van der Waals surface area contributed by atoms with Gasteiger partial charge in [-0.05, 0) is 25.1 Å². The second-order valence-electron chi connectivity index (χ2n) is 5.21. The SMILES string of the molecule is C[C@@H]1CN(c2c([N+](=O)[O-])cnc3ccc(Br)cc23)CCN1. The van der Waals surface area contributed by atoms with Gasteiger partial charge in [-0.1, -0.05) is 15.9 Å². The molecule has 1 aliphatic heterocycles. The lowest BCUT2D eigenvalue weighted by Gasteiger charge is -2.33. The van der Waals surface area contributed by atoms with Crippen molar-refractivity contribution in [3.05, 3.63) is 39.0 Å². The fraction of sp³-hybridized carbons (Fsp3) is 0.357. The minimum Gasteiger partial charge on any atom is -0.363 e. The number of pyridine rings is 1. The Labute approximate surface area is 130 Å². The normalized spacial score (nSPS) is 19.0. The van der Waals surface area contributed by atoms with Gasteiger partial charge >= 0.3 is 5.69 Å². The van der Waals surface area contributed by atoms with E-state index in [0.717, 1.165) is 35.0 Å². The smallest absolute Gasteiger partial charge is 0.311 e. The number of benzene rings is 1. The van der Waals surface area contributed by atoms with Gasteiger partial charge in [-0.15, -0.1) is 0 Å². The molecule has 0 saturated carbocycles. The van der Waals surface area contributed by atoms with Crippen LogP contribution in [0.4, 0.5) is 11.4 Å². The number of nitro groups is 1. The van der Waals surface area contributed by atoms with Crippen molar-refractivity contribution < 1.29 is 4.92 Å². The first-order chi connectivity index (χ1) is 10.1. The Bertz CT molecular complexity index is 707. The maximum absolute atomic E-state index is 11.4. The van der Waals surface area contributed by atoms with Crippen molar-refractivity contribution in [1.82, 2.24) is 10.3 Å². The Kier molecular flexibility index (Phi) is 3.77. The molecule has 0 unspecified atom stereocenters. The highest BCUT2D eigenvalue weighted by molar-refractivity contribution is 9.10. The van der Waals surface area contributed by atoms with Crippen LogP contribution in [0.15, 0.2) is 28.9 Å². The minimum atomic E-state index is -0.352. The van der Waals surface area contributed by atoms with Gasteiger partial charge in [0, 0.05) is 35.5 Å². The van der Waals surface area contributed by atoms with Crippen molar-refractivity contribution >= 4 is 38.2 Å². The Morgan fingerprint density at radius 3 is 3.05 bits per heavy atom. The number of halogens is 1. The van der Waals surface area contributed by atoms with Crippen LogP contribution in [0, 0.1) is 10.1 Å². The molecule has 2 heterocycles. The lowest BCUT2D eigenvalue weighted by molar-refractivity contribution is -0.384. The van der Waals surface area contributed by atoms with E-state index in [0.29, 0.717) is 11.7 Å². The Balaban J connectivity index is 2.22. The molecule has 0 aliphatic carbocycles. The zero-order valence-corrected chi connectivity index (χ0v) is 13.1. The third-order valence-electron chi connectivity index (χ3n) is 3.66. The number of anilines is 1. The summed E-state index contributed by atoms with van der Waals surface area (Å²) in [6, 6.07) is 5.97.